The quantitative estimate of drug-likeness (QED) is 0.793. The van der Waals surface area contributed by atoms with E-state index in [9.17, 15) is 5.11 Å². The third-order valence-electron chi connectivity index (χ3n) is 3.83. The van der Waals surface area contributed by atoms with Crippen LogP contribution in [0.25, 0.3) is 0 Å². The molecule has 0 aliphatic rings. The first-order chi connectivity index (χ1) is 9.29. The zero-order valence-electron chi connectivity index (χ0n) is 12.7. The lowest BCUT2D eigenvalue weighted by Crippen LogP contribution is -2.40. The molecule has 0 heterocycles. The molecule has 4 heteroatoms. The maximum Gasteiger partial charge on any atom is 0.105 e. The molecule has 1 aromatic carbocycles. The van der Waals surface area contributed by atoms with Gasteiger partial charge in [0.05, 0.1) is 6.10 Å². The Kier molecular flexibility index (Phi) is 6.46. The molecule has 0 aliphatic carbocycles. The van der Waals surface area contributed by atoms with Crippen LogP contribution in [0.1, 0.15) is 13.8 Å². The predicted octanol–water partition coefficient (Wildman–Crippen LogP) is 2.89. The molecule has 0 saturated heterocycles. The maximum atomic E-state index is 10.2. The van der Waals surface area contributed by atoms with Gasteiger partial charge in [0.15, 0.2) is 0 Å². The normalized spacial score (nSPS) is 17.6. The van der Waals surface area contributed by atoms with Crippen molar-refractivity contribution in [3.63, 3.8) is 0 Å². The van der Waals surface area contributed by atoms with Gasteiger partial charge in [0, 0.05) is 23.5 Å². The molecular weight excluding hydrogens is 288 g/mol. The summed E-state index contributed by atoms with van der Waals surface area (Å²) in [4.78, 5) is 0. The van der Waals surface area contributed by atoms with Crippen LogP contribution >= 0.6 is 11.6 Å². The predicted molar refractivity (Wildman–Crippen MR) is 88.9 cm³/mol. The highest BCUT2D eigenvalue weighted by atomic mass is 35.5. The fourth-order valence-electron chi connectivity index (χ4n) is 2.19. The van der Waals surface area contributed by atoms with Crippen LogP contribution in [-0.4, -0.2) is 31.0 Å². The minimum Gasteiger partial charge on any atom is -0.396 e. The second-order valence-corrected chi connectivity index (χ2v) is 10.8. The van der Waals surface area contributed by atoms with Gasteiger partial charge in [-0.25, -0.2) is 0 Å². The Bertz CT molecular complexity index is 445. The number of rotatable bonds is 6. The standard InChI is InChI=1S/C16H25ClO2Si/c1-12(10-18)16(19)13(2)15(17)11-20(3,4)14-8-6-5-7-9-14/h5-9,11-13,16,18-19H,10H2,1-4H3/b15-11+/t12-,13+,16+/m1/s1. The summed E-state index contributed by atoms with van der Waals surface area (Å²) in [5.74, 6) is -0.331. The molecule has 0 amide bonds. The molecule has 0 aromatic heterocycles. The van der Waals surface area contributed by atoms with E-state index in [-0.39, 0.29) is 18.4 Å². The third kappa shape index (κ3) is 4.45. The van der Waals surface area contributed by atoms with Crippen molar-refractivity contribution in [1.29, 1.82) is 0 Å². The van der Waals surface area contributed by atoms with Crippen LogP contribution in [0.3, 0.4) is 0 Å². The van der Waals surface area contributed by atoms with E-state index in [0.717, 1.165) is 0 Å². The van der Waals surface area contributed by atoms with Crippen molar-refractivity contribution in [3.05, 3.63) is 41.1 Å². The smallest absolute Gasteiger partial charge is 0.105 e. The van der Waals surface area contributed by atoms with Crippen LogP contribution < -0.4 is 5.19 Å². The molecule has 0 spiro atoms. The van der Waals surface area contributed by atoms with E-state index >= 15 is 0 Å². The molecular formula is C16H25ClO2Si. The number of aliphatic hydroxyl groups excluding tert-OH is 2. The zero-order valence-corrected chi connectivity index (χ0v) is 14.4. The second-order valence-electron chi connectivity index (χ2n) is 6.06. The van der Waals surface area contributed by atoms with Gasteiger partial charge >= 0.3 is 0 Å². The number of benzene rings is 1. The molecule has 0 unspecified atom stereocenters. The first-order valence-corrected chi connectivity index (χ1v) is 10.5. The molecule has 0 fully saturated rings. The highest BCUT2D eigenvalue weighted by Gasteiger charge is 2.27. The Morgan fingerprint density at radius 2 is 1.80 bits per heavy atom. The van der Waals surface area contributed by atoms with Gasteiger partial charge < -0.3 is 10.2 Å². The first-order valence-electron chi connectivity index (χ1n) is 7.02. The summed E-state index contributed by atoms with van der Waals surface area (Å²) in [6.45, 7) is 8.17. The van der Waals surface area contributed by atoms with E-state index in [0.29, 0.717) is 5.03 Å². The third-order valence-corrected chi connectivity index (χ3v) is 7.33. The van der Waals surface area contributed by atoms with E-state index < -0.39 is 14.2 Å². The summed E-state index contributed by atoms with van der Waals surface area (Å²) in [5.41, 5.74) is 2.13. The minimum absolute atomic E-state index is 0.0326. The van der Waals surface area contributed by atoms with Crippen molar-refractivity contribution in [1.82, 2.24) is 0 Å². The largest absolute Gasteiger partial charge is 0.396 e. The Balaban J connectivity index is 2.92. The van der Waals surface area contributed by atoms with Gasteiger partial charge in [-0.1, -0.05) is 79.8 Å². The first kappa shape index (κ1) is 17.4. The van der Waals surface area contributed by atoms with Crippen LogP contribution in [-0.2, 0) is 0 Å². The highest BCUT2D eigenvalue weighted by Crippen LogP contribution is 2.25. The fourth-order valence-corrected chi connectivity index (χ4v) is 5.31. The monoisotopic (exact) mass is 312 g/mol. The summed E-state index contributed by atoms with van der Waals surface area (Å²) in [6, 6.07) is 10.3. The van der Waals surface area contributed by atoms with E-state index in [1.54, 1.807) is 0 Å². The molecule has 20 heavy (non-hydrogen) atoms. The summed E-state index contributed by atoms with van der Waals surface area (Å²) < 4.78 is 0. The average molecular weight is 313 g/mol. The van der Waals surface area contributed by atoms with E-state index in [2.05, 4.69) is 30.9 Å². The van der Waals surface area contributed by atoms with Crippen LogP contribution in [0.4, 0.5) is 0 Å². The molecule has 0 radical (unpaired) electrons. The van der Waals surface area contributed by atoms with Crippen LogP contribution in [0.5, 0.6) is 0 Å². The summed E-state index contributed by atoms with van der Waals surface area (Å²) in [6.07, 6.45) is -0.621. The van der Waals surface area contributed by atoms with Crippen molar-refractivity contribution in [2.45, 2.75) is 33.0 Å². The Morgan fingerprint density at radius 3 is 2.30 bits per heavy atom. The summed E-state index contributed by atoms with van der Waals surface area (Å²) in [7, 11) is -1.76. The number of hydrogen-bond acceptors (Lipinski definition) is 2. The maximum absolute atomic E-state index is 10.2. The van der Waals surface area contributed by atoms with Crippen molar-refractivity contribution in [2.24, 2.45) is 11.8 Å². The molecule has 0 bridgehead atoms. The number of halogens is 1. The van der Waals surface area contributed by atoms with Gasteiger partial charge in [0.25, 0.3) is 0 Å². The molecule has 3 atom stereocenters. The zero-order chi connectivity index (χ0) is 15.3. The van der Waals surface area contributed by atoms with E-state index in [1.807, 2.05) is 32.0 Å². The lowest BCUT2D eigenvalue weighted by molar-refractivity contribution is 0.0500. The molecule has 112 valence electrons. The van der Waals surface area contributed by atoms with Gasteiger partial charge in [-0.2, -0.15) is 0 Å². The molecule has 1 aromatic rings. The summed E-state index contributed by atoms with van der Waals surface area (Å²) in [5, 5.41) is 21.3. The Hall–Kier alpha value is -0.613. The Labute approximate surface area is 128 Å². The Morgan fingerprint density at radius 1 is 1.25 bits per heavy atom. The van der Waals surface area contributed by atoms with E-state index in [1.165, 1.54) is 5.19 Å². The fraction of sp³-hybridized carbons (Fsp3) is 0.500. The van der Waals surface area contributed by atoms with Gasteiger partial charge in [-0.15, -0.1) is 0 Å². The molecule has 2 nitrogen and oxygen atoms in total. The van der Waals surface area contributed by atoms with Gasteiger partial charge in [-0.05, 0) is 0 Å². The molecule has 0 aliphatic heterocycles. The average Bonchev–Trinajstić information content (AvgIpc) is 2.45. The molecule has 1 rings (SSSR count). The highest BCUT2D eigenvalue weighted by molar-refractivity contribution is 6.94. The molecule has 2 N–H and O–H groups in total. The van der Waals surface area contributed by atoms with Crippen molar-refractivity contribution < 1.29 is 10.2 Å². The van der Waals surface area contributed by atoms with Gasteiger partial charge in [0.1, 0.15) is 8.07 Å². The SMILES string of the molecule is C[C@H](CO)[C@H](O)[C@@H](C)/C(Cl)=C\[Si](C)(C)c1ccccc1. The summed E-state index contributed by atoms with van der Waals surface area (Å²) >= 11 is 6.42. The lowest BCUT2D eigenvalue weighted by Gasteiger charge is -2.26. The van der Waals surface area contributed by atoms with Gasteiger partial charge in [-0.3, -0.25) is 0 Å². The van der Waals surface area contributed by atoms with Crippen LogP contribution in [0.15, 0.2) is 41.1 Å². The number of hydrogen-bond donors (Lipinski definition) is 2. The number of aliphatic hydroxyl groups is 2. The van der Waals surface area contributed by atoms with E-state index in [4.69, 9.17) is 16.7 Å². The van der Waals surface area contributed by atoms with Crippen molar-refractivity contribution in [3.8, 4) is 0 Å². The lowest BCUT2D eigenvalue weighted by atomic mass is 9.94. The molecule has 0 saturated carbocycles. The minimum atomic E-state index is -1.76. The van der Waals surface area contributed by atoms with Crippen molar-refractivity contribution in [2.75, 3.05) is 6.61 Å². The topological polar surface area (TPSA) is 40.5 Å². The van der Waals surface area contributed by atoms with Crippen LogP contribution in [0, 0.1) is 11.8 Å². The van der Waals surface area contributed by atoms with Gasteiger partial charge in [0.2, 0.25) is 0 Å². The van der Waals surface area contributed by atoms with Crippen LogP contribution in [0.2, 0.25) is 13.1 Å². The second kappa shape index (κ2) is 7.41. The van der Waals surface area contributed by atoms with Crippen molar-refractivity contribution >= 4 is 24.9 Å².